The predicted molar refractivity (Wildman–Crippen MR) is 105 cm³/mol. The predicted octanol–water partition coefficient (Wildman–Crippen LogP) is 3.06. The van der Waals surface area contributed by atoms with Gasteiger partial charge < -0.3 is 20.5 Å². The van der Waals surface area contributed by atoms with Crippen LogP contribution in [0.2, 0.25) is 0 Å². The van der Waals surface area contributed by atoms with Gasteiger partial charge in [-0.05, 0) is 41.0 Å². The van der Waals surface area contributed by atoms with Crippen molar-refractivity contribution in [1.29, 1.82) is 0 Å². The number of amides is 1. The fourth-order valence-corrected chi connectivity index (χ4v) is 4.34. The molecule has 6 nitrogen and oxygen atoms in total. The summed E-state index contributed by atoms with van der Waals surface area (Å²) in [4.78, 5) is 25.1. The molecule has 1 fully saturated rings. The van der Waals surface area contributed by atoms with Gasteiger partial charge in [0.15, 0.2) is 0 Å². The van der Waals surface area contributed by atoms with Crippen molar-refractivity contribution in [2.45, 2.75) is 24.8 Å². The molecule has 2 aromatic rings. The molecule has 1 amide bonds. The number of hydrogen-bond acceptors (Lipinski definition) is 4. The van der Waals surface area contributed by atoms with Crippen LogP contribution in [-0.2, 0) is 9.53 Å². The van der Waals surface area contributed by atoms with Crippen LogP contribution in [0.5, 0.6) is 0 Å². The van der Waals surface area contributed by atoms with Crippen LogP contribution >= 0.6 is 0 Å². The highest BCUT2D eigenvalue weighted by Gasteiger charge is 2.32. The first kappa shape index (κ1) is 18.5. The van der Waals surface area contributed by atoms with Crippen molar-refractivity contribution in [3.8, 4) is 11.1 Å². The molecule has 0 aromatic heterocycles. The quantitative estimate of drug-likeness (QED) is 0.832. The maximum atomic E-state index is 12.5. The van der Waals surface area contributed by atoms with Crippen LogP contribution in [0.15, 0.2) is 48.5 Å². The number of carbonyl (C=O) groups is 2. The summed E-state index contributed by atoms with van der Waals surface area (Å²) in [6.07, 6.45) is 0.793. The number of likely N-dealkylation sites (tertiary alicyclic amines) is 1. The number of carbonyl (C=O) groups excluding carboxylic acids is 1. The minimum absolute atomic E-state index is 0.0372. The minimum Gasteiger partial charge on any atom is -0.480 e. The molecule has 2 atom stereocenters. The molecule has 2 aromatic carbocycles. The third kappa shape index (κ3) is 3.47. The second kappa shape index (κ2) is 7.64. The van der Waals surface area contributed by atoms with Crippen LogP contribution in [0.1, 0.15) is 29.9 Å². The summed E-state index contributed by atoms with van der Waals surface area (Å²) in [6, 6.07) is 15.6. The number of carboxylic acids is 1. The summed E-state index contributed by atoms with van der Waals surface area (Å²) in [7, 11) is 0. The number of rotatable bonds is 5. The fraction of sp³-hybridized carbons (Fsp3) is 0.364. The first-order valence-electron chi connectivity index (χ1n) is 9.63. The zero-order chi connectivity index (χ0) is 19.7. The molecule has 1 aliphatic carbocycles. The Hall–Kier alpha value is -2.86. The Bertz CT molecular complexity index is 852. The van der Waals surface area contributed by atoms with E-state index in [1.807, 2.05) is 24.3 Å². The van der Waals surface area contributed by atoms with E-state index in [2.05, 4.69) is 24.3 Å². The normalized spacial score (nSPS) is 19.2. The molecule has 28 heavy (non-hydrogen) atoms. The molecule has 1 heterocycles. The van der Waals surface area contributed by atoms with E-state index in [0.717, 1.165) is 6.42 Å². The minimum atomic E-state index is -1.00. The lowest BCUT2D eigenvalue weighted by atomic mass is 9.98. The molecule has 0 bridgehead atoms. The van der Waals surface area contributed by atoms with Gasteiger partial charge in [-0.2, -0.15) is 0 Å². The van der Waals surface area contributed by atoms with E-state index in [-0.39, 0.29) is 17.9 Å². The topological polar surface area (TPSA) is 92.9 Å². The lowest BCUT2D eigenvalue weighted by Crippen LogP contribution is -2.34. The van der Waals surface area contributed by atoms with Gasteiger partial charge in [-0.3, -0.25) is 4.79 Å². The summed E-state index contributed by atoms with van der Waals surface area (Å²) >= 11 is 0. The lowest BCUT2D eigenvalue weighted by Gasteiger charge is -2.20. The second-order valence-corrected chi connectivity index (χ2v) is 7.59. The van der Waals surface area contributed by atoms with Crippen molar-refractivity contribution in [2.75, 3.05) is 19.7 Å². The number of benzene rings is 2. The van der Waals surface area contributed by atoms with Crippen LogP contribution in [0.25, 0.3) is 11.1 Å². The van der Waals surface area contributed by atoms with Gasteiger partial charge in [-0.1, -0.05) is 48.5 Å². The monoisotopic (exact) mass is 380 g/mol. The standard InChI is InChI=1S/C22H24N2O4/c23-20(21(25)26)11-14-9-10-24(12-14)22(27)28-13-19-17-7-3-1-5-15(17)16-6-2-4-8-18(16)19/h1-8,14,19-20H,9-13,23H2,(H,25,26). The van der Waals surface area contributed by atoms with Gasteiger partial charge in [0.2, 0.25) is 0 Å². The summed E-state index contributed by atoms with van der Waals surface area (Å²) < 4.78 is 5.66. The number of aliphatic carboxylic acids is 1. The smallest absolute Gasteiger partial charge is 0.409 e. The van der Waals surface area contributed by atoms with Crippen molar-refractivity contribution in [2.24, 2.45) is 11.7 Å². The summed E-state index contributed by atoms with van der Waals surface area (Å²) in [5.41, 5.74) is 10.4. The van der Waals surface area contributed by atoms with E-state index in [4.69, 9.17) is 15.6 Å². The van der Waals surface area contributed by atoms with Gasteiger partial charge in [-0.15, -0.1) is 0 Å². The average Bonchev–Trinajstić information content (AvgIpc) is 3.29. The van der Waals surface area contributed by atoms with Gasteiger partial charge in [0.05, 0.1) is 0 Å². The molecule has 2 aliphatic rings. The van der Waals surface area contributed by atoms with Crippen LogP contribution in [0.4, 0.5) is 4.79 Å². The van der Waals surface area contributed by atoms with E-state index in [1.54, 1.807) is 4.90 Å². The molecule has 1 saturated heterocycles. The maximum absolute atomic E-state index is 12.5. The Morgan fingerprint density at radius 3 is 2.32 bits per heavy atom. The largest absolute Gasteiger partial charge is 0.480 e. The zero-order valence-corrected chi connectivity index (χ0v) is 15.6. The highest BCUT2D eigenvalue weighted by Crippen LogP contribution is 2.44. The highest BCUT2D eigenvalue weighted by molar-refractivity contribution is 5.79. The van der Waals surface area contributed by atoms with Crippen LogP contribution in [0.3, 0.4) is 0 Å². The highest BCUT2D eigenvalue weighted by atomic mass is 16.6. The molecule has 4 rings (SSSR count). The van der Waals surface area contributed by atoms with Crippen LogP contribution in [-0.4, -0.2) is 47.8 Å². The molecule has 1 aliphatic heterocycles. The molecule has 0 saturated carbocycles. The number of ether oxygens (including phenoxy) is 1. The number of fused-ring (bicyclic) bond motifs is 3. The summed E-state index contributed by atoms with van der Waals surface area (Å²) in [6.45, 7) is 1.37. The van der Waals surface area contributed by atoms with Gasteiger partial charge >= 0.3 is 12.1 Å². The van der Waals surface area contributed by atoms with E-state index in [0.29, 0.717) is 26.1 Å². The van der Waals surface area contributed by atoms with Crippen molar-refractivity contribution in [3.05, 3.63) is 59.7 Å². The van der Waals surface area contributed by atoms with E-state index < -0.39 is 12.0 Å². The number of nitrogens with zero attached hydrogens (tertiary/aromatic N) is 1. The van der Waals surface area contributed by atoms with Crippen molar-refractivity contribution >= 4 is 12.1 Å². The third-order valence-corrected chi connectivity index (χ3v) is 5.78. The van der Waals surface area contributed by atoms with E-state index >= 15 is 0 Å². The van der Waals surface area contributed by atoms with Crippen LogP contribution < -0.4 is 5.73 Å². The van der Waals surface area contributed by atoms with Gasteiger partial charge in [-0.25, -0.2) is 4.79 Å². The Morgan fingerprint density at radius 2 is 1.71 bits per heavy atom. The Morgan fingerprint density at radius 1 is 1.11 bits per heavy atom. The number of nitrogens with two attached hydrogens (primary N) is 1. The van der Waals surface area contributed by atoms with Crippen molar-refractivity contribution in [3.63, 3.8) is 0 Å². The maximum Gasteiger partial charge on any atom is 0.409 e. The molecule has 2 unspecified atom stereocenters. The van der Waals surface area contributed by atoms with E-state index in [9.17, 15) is 9.59 Å². The van der Waals surface area contributed by atoms with Gasteiger partial charge in [0.25, 0.3) is 0 Å². The molecular weight excluding hydrogens is 356 g/mol. The SMILES string of the molecule is NC(CC1CCN(C(=O)OCC2c3ccccc3-c3ccccc32)C1)C(=O)O. The third-order valence-electron chi connectivity index (χ3n) is 5.78. The first-order valence-corrected chi connectivity index (χ1v) is 9.63. The van der Waals surface area contributed by atoms with Crippen molar-refractivity contribution in [1.82, 2.24) is 4.90 Å². The first-order chi connectivity index (χ1) is 13.5. The number of carboxylic acid groups (broad SMARTS) is 1. The summed E-state index contributed by atoms with van der Waals surface area (Å²) in [5, 5.41) is 8.95. The molecule has 0 spiro atoms. The molecule has 0 radical (unpaired) electrons. The van der Waals surface area contributed by atoms with E-state index in [1.165, 1.54) is 22.3 Å². The van der Waals surface area contributed by atoms with Gasteiger partial charge in [0.1, 0.15) is 12.6 Å². The molecule has 3 N–H and O–H groups in total. The Labute approximate surface area is 163 Å². The molecular formula is C22H24N2O4. The molecule has 146 valence electrons. The lowest BCUT2D eigenvalue weighted by molar-refractivity contribution is -0.138. The van der Waals surface area contributed by atoms with Crippen LogP contribution in [0, 0.1) is 5.92 Å². The molecule has 6 heteroatoms. The van der Waals surface area contributed by atoms with Crippen molar-refractivity contribution < 1.29 is 19.4 Å². The number of hydrogen-bond donors (Lipinski definition) is 2. The van der Waals surface area contributed by atoms with Gasteiger partial charge in [0, 0.05) is 19.0 Å². The zero-order valence-electron chi connectivity index (χ0n) is 15.6. The Balaban J connectivity index is 1.39. The average molecular weight is 380 g/mol. The Kier molecular flexibility index (Phi) is 5.05. The fourth-order valence-electron chi connectivity index (χ4n) is 4.34. The second-order valence-electron chi connectivity index (χ2n) is 7.59. The summed E-state index contributed by atoms with van der Waals surface area (Å²) in [5.74, 6) is -0.860.